The highest BCUT2D eigenvalue weighted by Crippen LogP contribution is 2.16. The zero-order valence-corrected chi connectivity index (χ0v) is 11.6. The fourth-order valence-electron chi connectivity index (χ4n) is 1.93. The van der Waals surface area contributed by atoms with E-state index < -0.39 is 0 Å². The second-order valence-corrected chi connectivity index (χ2v) is 5.12. The summed E-state index contributed by atoms with van der Waals surface area (Å²) in [7, 11) is 0. The number of hydrogen-bond donors (Lipinski definition) is 1. The van der Waals surface area contributed by atoms with Crippen LogP contribution in [0.5, 0.6) is 0 Å². The highest BCUT2D eigenvalue weighted by molar-refractivity contribution is 5.48. The van der Waals surface area contributed by atoms with Crippen LogP contribution >= 0.6 is 0 Å². The SMILES string of the molecule is CCN(CCC(N)C(C)C)c1cccc(C)c1. The Hall–Kier alpha value is -1.02. The second-order valence-electron chi connectivity index (χ2n) is 5.12. The van der Waals surface area contributed by atoms with Crippen molar-refractivity contribution in [3.63, 3.8) is 0 Å². The van der Waals surface area contributed by atoms with Crippen molar-refractivity contribution < 1.29 is 0 Å². The number of nitrogens with two attached hydrogens (primary N) is 1. The van der Waals surface area contributed by atoms with Crippen LogP contribution in [0.1, 0.15) is 32.8 Å². The lowest BCUT2D eigenvalue weighted by molar-refractivity contribution is 0.463. The van der Waals surface area contributed by atoms with Gasteiger partial charge in [-0.1, -0.05) is 26.0 Å². The van der Waals surface area contributed by atoms with Crippen LogP contribution in [-0.2, 0) is 0 Å². The van der Waals surface area contributed by atoms with Gasteiger partial charge in [0.25, 0.3) is 0 Å². The molecular formula is C15H26N2. The average Bonchev–Trinajstić information content (AvgIpc) is 2.29. The van der Waals surface area contributed by atoms with Crippen LogP contribution in [-0.4, -0.2) is 19.1 Å². The number of rotatable bonds is 6. The van der Waals surface area contributed by atoms with E-state index in [0.717, 1.165) is 19.5 Å². The molecule has 2 heteroatoms. The molecule has 0 bridgehead atoms. The molecule has 0 aromatic heterocycles. The first-order chi connectivity index (χ1) is 8.04. The van der Waals surface area contributed by atoms with E-state index in [1.807, 2.05) is 0 Å². The van der Waals surface area contributed by atoms with Crippen LogP contribution in [0.2, 0.25) is 0 Å². The second kappa shape index (κ2) is 6.65. The molecule has 2 nitrogen and oxygen atoms in total. The molecule has 0 fully saturated rings. The maximum Gasteiger partial charge on any atom is 0.0368 e. The van der Waals surface area contributed by atoms with Crippen molar-refractivity contribution in [2.45, 2.75) is 40.2 Å². The van der Waals surface area contributed by atoms with E-state index in [-0.39, 0.29) is 0 Å². The highest BCUT2D eigenvalue weighted by Gasteiger charge is 2.10. The third-order valence-corrected chi connectivity index (χ3v) is 3.34. The maximum absolute atomic E-state index is 6.10. The lowest BCUT2D eigenvalue weighted by atomic mass is 10.0. The summed E-state index contributed by atoms with van der Waals surface area (Å²) in [6, 6.07) is 8.98. The molecule has 1 aromatic rings. The summed E-state index contributed by atoms with van der Waals surface area (Å²) in [6.07, 6.45) is 1.06. The van der Waals surface area contributed by atoms with Crippen molar-refractivity contribution in [2.75, 3.05) is 18.0 Å². The van der Waals surface area contributed by atoms with E-state index in [0.29, 0.717) is 12.0 Å². The first-order valence-corrected chi connectivity index (χ1v) is 6.61. The molecule has 0 aliphatic heterocycles. The van der Waals surface area contributed by atoms with Gasteiger partial charge in [0.2, 0.25) is 0 Å². The Balaban J connectivity index is 2.60. The Kier molecular flexibility index (Phi) is 5.49. The average molecular weight is 234 g/mol. The molecule has 0 radical (unpaired) electrons. The molecule has 1 rings (SSSR count). The Bertz CT molecular complexity index is 333. The quantitative estimate of drug-likeness (QED) is 0.819. The lowest BCUT2D eigenvalue weighted by Crippen LogP contribution is -2.33. The standard InChI is InChI=1S/C15H26N2/c1-5-17(10-9-15(16)12(2)3)14-8-6-7-13(4)11-14/h6-8,11-12,15H,5,9-10,16H2,1-4H3. The van der Waals surface area contributed by atoms with Gasteiger partial charge in [0.05, 0.1) is 0 Å². The van der Waals surface area contributed by atoms with E-state index in [1.54, 1.807) is 0 Å². The molecule has 1 unspecified atom stereocenters. The van der Waals surface area contributed by atoms with E-state index in [4.69, 9.17) is 5.73 Å². The Morgan fingerprint density at radius 2 is 2.00 bits per heavy atom. The molecule has 1 aromatic carbocycles. The molecule has 0 amide bonds. The fourth-order valence-corrected chi connectivity index (χ4v) is 1.93. The maximum atomic E-state index is 6.10. The molecule has 1 atom stereocenters. The molecule has 0 saturated carbocycles. The molecule has 0 aliphatic carbocycles. The van der Waals surface area contributed by atoms with Crippen LogP contribution in [0, 0.1) is 12.8 Å². The number of anilines is 1. The predicted octanol–water partition coefficient (Wildman–Crippen LogP) is 3.19. The van der Waals surface area contributed by atoms with Crippen LogP contribution in [0.4, 0.5) is 5.69 Å². The number of hydrogen-bond acceptors (Lipinski definition) is 2. The molecule has 96 valence electrons. The van der Waals surface area contributed by atoms with Gasteiger partial charge in [-0.3, -0.25) is 0 Å². The number of benzene rings is 1. The van der Waals surface area contributed by atoms with Crippen molar-refractivity contribution in [3.8, 4) is 0 Å². The third-order valence-electron chi connectivity index (χ3n) is 3.34. The summed E-state index contributed by atoms with van der Waals surface area (Å²) in [5.74, 6) is 0.561. The topological polar surface area (TPSA) is 29.3 Å². The summed E-state index contributed by atoms with van der Waals surface area (Å²) < 4.78 is 0. The van der Waals surface area contributed by atoms with Crippen molar-refractivity contribution in [2.24, 2.45) is 11.7 Å². The van der Waals surface area contributed by atoms with Crippen LogP contribution < -0.4 is 10.6 Å². The van der Waals surface area contributed by atoms with Gasteiger partial charge in [0, 0.05) is 24.8 Å². The minimum atomic E-state index is 0.300. The molecule has 0 saturated heterocycles. The Labute approximate surface area is 106 Å². The minimum Gasteiger partial charge on any atom is -0.372 e. The summed E-state index contributed by atoms with van der Waals surface area (Å²) >= 11 is 0. The number of nitrogens with zero attached hydrogens (tertiary/aromatic N) is 1. The van der Waals surface area contributed by atoms with E-state index in [9.17, 15) is 0 Å². The zero-order chi connectivity index (χ0) is 12.8. The Morgan fingerprint density at radius 3 is 2.53 bits per heavy atom. The molecular weight excluding hydrogens is 208 g/mol. The third kappa shape index (κ3) is 4.39. The zero-order valence-electron chi connectivity index (χ0n) is 11.6. The van der Waals surface area contributed by atoms with Crippen molar-refractivity contribution in [3.05, 3.63) is 29.8 Å². The minimum absolute atomic E-state index is 0.300. The van der Waals surface area contributed by atoms with Gasteiger partial charge in [-0.2, -0.15) is 0 Å². The molecule has 0 aliphatic rings. The van der Waals surface area contributed by atoms with Crippen molar-refractivity contribution >= 4 is 5.69 Å². The van der Waals surface area contributed by atoms with Gasteiger partial charge < -0.3 is 10.6 Å². The van der Waals surface area contributed by atoms with Gasteiger partial charge in [-0.05, 0) is 43.9 Å². The summed E-state index contributed by atoms with van der Waals surface area (Å²) in [4.78, 5) is 2.40. The number of aryl methyl sites for hydroxylation is 1. The van der Waals surface area contributed by atoms with Gasteiger partial charge >= 0.3 is 0 Å². The van der Waals surface area contributed by atoms with Gasteiger partial charge in [-0.25, -0.2) is 0 Å². The molecule has 0 heterocycles. The molecule has 17 heavy (non-hydrogen) atoms. The molecule has 0 spiro atoms. The van der Waals surface area contributed by atoms with E-state index >= 15 is 0 Å². The smallest absolute Gasteiger partial charge is 0.0368 e. The van der Waals surface area contributed by atoms with Crippen molar-refractivity contribution in [1.29, 1.82) is 0 Å². The van der Waals surface area contributed by atoms with Crippen LogP contribution in [0.3, 0.4) is 0 Å². The van der Waals surface area contributed by atoms with Gasteiger partial charge in [0.1, 0.15) is 0 Å². The molecule has 2 N–H and O–H groups in total. The van der Waals surface area contributed by atoms with E-state index in [1.165, 1.54) is 11.3 Å². The summed E-state index contributed by atoms with van der Waals surface area (Å²) in [5.41, 5.74) is 8.72. The lowest BCUT2D eigenvalue weighted by Gasteiger charge is -2.26. The van der Waals surface area contributed by atoms with Crippen LogP contribution in [0.25, 0.3) is 0 Å². The van der Waals surface area contributed by atoms with Gasteiger partial charge in [0.15, 0.2) is 0 Å². The predicted molar refractivity (Wildman–Crippen MR) is 76.5 cm³/mol. The first-order valence-electron chi connectivity index (χ1n) is 6.61. The van der Waals surface area contributed by atoms with Crippen molar-refractivity contribution in [1.82, 2.24) is 0 Å². The largest absolute Gasteiger partial charge is 0.372 e. The first kappa shape index (κ1) is 14.0. The Morgan fingerprint density at radius 1 is 1.29 bits per heavy atom. The summed E-state index contributed by atoms with van der Waals surface area (Å²) in [6.45, 7) is 10.8. The fraction of sp³-hybridized carbons (Fsp3) is 0.600. The monoisotopic (exact) mass is 234 g/mol. The van der Waals surface area contributed by atoms with E-state index in [2.05, 4.69) is 56.9 Å². The highest BCUT2D eigenvalue weighted by atomic mass is 15.1. The van der Waals surface area contributed by atoms with Crippen LogP contribution in [0.15, 0.2) is 24.3 Å². The van der Waals surface area contributed by atoms with Gasteiger partial charge in [-0.15, -0.1) is 0 Å². The summed E-state index contributed by atoms with van der Waals surface area (Å²) in [5, 5.41) is 0. The normalized spacial score (nSPS) is 12.8.